The van der Waals surface area contributed by atoms with E-state index in [1.54, 1.807) is 25.1 Å². The Morgan fingerprint density at radius 2 is 1.84 bits per heavy atom. The molecule has 2 aromatic carbocycles. The lowest BCUT2D eigenvalue weighted by molar-refractivity contribution is 0.314. The summed E-state index contributed by atoms with van der Waals surface area (Å²) in [6, 6.07) is 9.53. The van der Waals surface area contributed by atoms with Crippen molar-refractivity contribution in [1.29, 1.82) is 0 Å². The third-order valence-electron chi connectivity index (χ3n) is 4.22. The average molecular weight is 340 g/mol. The highest BCUT2D eigenvalue weighted by Gasteiger charge is 2.16. The zero-order chi connectivity index (χ0) is 18.0. The maximum Gasteiger partial charge on any atom is 0.200 e. The van der Waals surface area contributed by atoms with Crippen molar-refractivity contribution in [2.45, 2.75) is 33.6 Å². The highest BCUT2D eigenvalue weighted by molar-refractivity contribution is 5.84. The smallest absolute Gasteiger partial charge is 0.200 e. The van der Waals surface area contributed by atoms with Gasteiger partial charge in [0.2, 0.25) is 5.43 Å². The second kappa shape index (κ2) is 7.09. The molecular weight excluding hydrogens is 319 g/mol. The van der Waals surface area contributed by atoms with Gasteiger partial charge in [-0.05, 0) is 49.1 Å². The van der Waals surface area contributed by atoms with Crippen molar-refractivity contribution < 1.29 is 13.5 Å². The van der Waals surface area contributed by atoms with Crippen LogP contribution in [-0.4, -0.2) is 6.61 Å². The molecule has 3 nitrogen and oxygen atoms in total. The molecule has 0 aliphatic rings. The number of aryl methyl sites for hydroxylation is 2. The van der Waals surface area contributed by atoms with Gasteiger partial charge < -0.3 is 9.15 Å². The van der Waals surface area contributed by atoms with E-state index < -0.39 is 0 Å². The van der Waals surface area contributed by atoms with E-state index in [9.17, 15) is 9.18 Å². The molecule has 4 heteroatoms. The highest BCUT2D eigenvalue weighted by atomic mass is 19.1. The number of hydrogen-bond acceptors (Lipinski definition) is 3. The molecule has 0 unspecified atom stereocenters. The molecule has 1 aromatic heterocycles. The summed E-state index contributed by atoms with van der Waals surface area (Å²) >= 11 is 0. The van der Waals surface area contributed by atoms with E-state index in [-0.39, 0.29) is 11.2 Å². The van der Waals surface area contributed by atoms with Crippen LogP contribution in [0.5, 0.6) is 5.75 Å². The summed E-state index contributed by atoms with van der Waals surface area (Å²) in [5, 5.41) is 0.519. The van der Waals surface area contributed by atoms with Gasteiger partial charge in [-0.2, -0.15) is 0 Å². The minimum Gasteiger partial charge on any atom is -0.493 e. The number of benzene rings is 2. The van der Waals surface area contributed by atoms with Gasteiger partial charge in [0.1, 0.15) is 22.9 Å². The first kappa shape index (κ1) is 17.2. The van der Waals surface area contributed by atoms with Crippen LogP contribution in [0.1, 0.15) is 31.6 Å². The van der Waals surface area contributed by atoms with E-state index >= 15 is 0 Å². The van der Waals surface area contributed by atoms with Crippen LogP contribution in [0.4, 0.5) is 4.39 Å². The fourth-order valence-electron chi connectivity index (χ4n) is 2.95. The van der Waals surface area contributed by atoms with Gasteiger partial charge in [-0.3, -0.25) is 4.79 Å². The molecule has 0 saturated heterocycles. The lowest BCUT2D eigenvalue weighted by atomic mass is 10.0. The molecular formula is C21H21FO3. The number of hydrogen-bond donors (Lipinski definition) is 0. The largest absolute Gasteiger partial charge is 0.493 e. The van der Waals surface area contributed by atoms with Crippen LogP contribution in [0.2, 0.25) is 0 Å². The average Bonchev–Trinajstić information content (AvgIpc) is 2.61. The first-order valence-electron chi connectivity index (χ1n) is 8.54. The Hall–Kier alpha value is -2.62. The van der Waals surface area contributed by atoms with E-state index in [4.69, 9.17) is 9.15 Å². The molecule has 130 valence electrons. The monoisotopic (exact) mass is 340 g/mol. The number of fused-ring (bicyclic) bond motifs is 1. The zero-order valence-electron chi connectivity index (χ0n) is 14.7. The highest BCUT2D eigenvalue weighted by Crippen LogP contribution is 2.29. The number of rotatable bonds is 5. The van der Waals surface area contributed by atoms with Crippen LogP contribution in [0, 0.1) is 12.7 Å². The Kier molecular flexibility index (Phi) is 4.88. The lowest BCUT2D eigenvalue weighted by Gasteiger charge is -2.12. The Morgan fingerprint density at radius 3 is 2.48 bits per heavy atom. The van der Waals surface area contributed by atoms with E-state index in [0.717, 1.165) is 24.2 Å². The molecule has 0 N–H and O–H groups in total. The standard InChI is InChI=1S/C21H21FO3/c1-4-10-24-18-12-19-17(11-14(18)5-2)21(23)20(13(3)25-19)15-6-8-16(22)9-7-15/h6-9,11-12H,4-5,10H2,1-3H3. The van der Waals surface area contributed by atoms with Crippen molar-refractivity contribution in [3.05, 3.63) is 63.8 Å². The Labute approximate surface area is 146 Å². The zero-order valence-corrected chi connectivity index (χ0v) is 14.7. The summed E-state index contributed by atoms with van der Waals surface area (Å²) in [6.45, 7) is 6.44. The number of ether oxygens (including phenoxy) is 1. The summed E-state index contributed by atoms with van der Waals surface area (Å²) in [6.07, 6.45) is 1.67. The van der Waals surface area contributed by atoms with Crippen molar-refractivity contribution in [3.63, 3.8) is 0 Å². The van der Waals surface area contributed by atoms with Gasteiger partial charge in [-0.1, -0.05) is 26.0 Å². The van der Waals surface area contributed by atoms with Crippen molar-refractivity contribution in [2.75, 3.05) is 6.61 Å². The Balaban J connectivity index is 2.22. The Bertz CT molecular complexity index is 956. The van der Waals surface area contributed by atoms with Gasteiger partial charge in [-0.15, -0.1) is 0 Å². The van der Waals surface area contributed by atoms with Gasteiger partial charge >= 0.3 is 0 Å². The van der Waals surface area contributed by atoms with Crippen LogP contribution >= 0.6 is 0 Å². The quantitative estimate of drug-likeness (QED) is 0.636. The molecule has 0 fully saturated rings. The van der Waals surface area contributed by atoms with Crippen LogP contribution in [0.15, 0.2) is 45.6 Å². The molecule has 25 heavy (non-hydrogen) atoms. The van der Waals surface area contributed by atoms with E-state index in [1.165, 1.54) is 12.1 Å². The SMILES string of the molecule is CCCOc1cc2oc(C)c(-c3ccc(F)cc3)c(=O)c2cc1CC. The van der Waals surface area contributed by atoms with Crippen molar-refractivity contribution in [3.8, 4) is 16.9 Å². The molecule has 0 saturated carbocycles. The van der Waals surface area contributed by atoms with Gasteiger partial charge in [-0.25, -0.2) is 4.39 Å². The van der Waals surface area contributed by atoms with Crippen molar-refractivity contribution in [2.24, 2.45) is 0 Å². The summed E-state index contributed by atoms with van der Waals surface area (Å²) < 4.78 is 24.9. The minimum atomic E-state index is -0.336. The molecule has 0 aliphatic carbocycles. The number of halogens is 1. The van der Waals surface area contributed by atoms with Gasteiger partial charge in [0.05, 0.1) is 17.6 Å². The van der Waals surface area contributed by atoms with Crippen molar-refractivity contribution >= 4 is 11.0 Å². The van der Waals surface area contributed by atoms with Crippen molar-refractivity contribution in [1.82, 2.24) is 0 Å². The summed E-state index contributed by atoms with van der Waals surface area (Å²) in [5.41, 5.74) is 2.50. The topological polar surface area (TPSA) is 39.4 Å². The molecule has 0 bridgehead atoms. The van der Waals surface area contributed by atoms with Crippen LogP contribution < -0.4 is 10.2 Å². The fraction of sp³-hybridized carbons (Fsp3) is 0.286. The third kappa shape index (κ3) is 3.29. The third-order valence-corrected chi connectivity index (χ3v) is 4.22. The van der Waals surface area contributed by atoms with Crippen LogP contribution in [0.25, 0.3) is 22.1 Å². The van der Waals surface area contributed by atoms with E-state index in [1.807, 2.05) is 19.9 Å². The Morgan fingerprint density at radius 1 is 1.12 bits per heavy atom. The summed E-state index contributed by atoms with van der Waals surface area (Å²) in [7, 11) is 0. The van der Waals surface area contributed by atoms with E-state index in [0.29, 0.717) is 34.5 Å². The maximum atomic E-state index is 13.2. The predicted octanol–water partition coefficient (Wildman–Crippen LogP) is 5.26. The first-order chi connectivity index (χ1) is 12.0. The minimum absolute atomic E-state index is 0.109. The van der Waals surface area contributed by atoms with E-state index in [2.05, 4.69) is 0 Å². The first-order valence-corrected chi connectivity index (χ1v) is 8.54. The second-order valence-electron chi connectivity index (χ2n) is 6.03. The van der Waals surface area contributed by atoms with Gasteiger partial charge in [0.25, 0.3) is 0 Å². The predicted molar refractivity (Wildman–Crippen MR) is 97.8 cm³/mol. The molecule has 0 amide bonds. The van der Waals surface area contributed by atoms with Gasteiger partial charge in [0.15, 0.2) is 0 Å². The molecule has 1 heterocycles. The maximum absolute atomic E-state index is 13.2. The fourth-order valence-corrected chi connectivity index (χ4v) is 2.95. The molecule has 0 atom stereocenters. The van der Waals surface area contributed by atoms with Crippen LogP contribution in [-0.2, 0) is 6.42 Å². The summed E-state index contributed by atoms with van der Waals surface area (Å²) in [5.74, 6) is 0.932. The lowest BCUT2D eigenvalue weighted by Crippen LogP contribution is -2.09. The molecule has 0 spiro atoms. The second-order valence-corrected chi connectivity index (χ2v) is 6.03. The van der Waals surface area contributed by atoms with Crippen LogP contribution in [0.3, 0.4) is 0 Å². The molecule has 3 aromatic rings. The molecule has 3 rings (SSSR count). The summed E-state index contributed by atoms with van der Waals surface area (Å²) in [4.78, 5) is 13.0. The van der Waals surface area contributed by atoms with Gasteiger partial charge in [0, 0.05) is 6.07 Å². The normalized spacial score (nSPS) is 11.0. The molecule has 0 aliphatic heterocycles. The molecule has 0 radical (unpaired) electrons.